The molecule has 1 aromatic heterocycles. The first-order valence-electron chi connectivity index (χ1n) is 11.4. The van der Waals surface area contributed by atoms with Crippen molar-refractivity contribution in [2.24, 2.45) is 0 Å². The van der Waals surface area contributed by atoms with Gasteiger partial charge in [0, 0.05) is 38.5 Å². The molecule has 1 saturated heterocycles. The van der Waals surface area contributed by atoms with E-state index in [-0.39, 0.29) is 18.0 Å². The van der Waals surface area contributed by atoms with Crippen molar-refractivity contribution in [3.8, 4) is 0 Å². The van der Waals surface area contributed by atoms with Crippen LogP contribution in [0.15, 0.2) is 24.3 Å². The molecule has 2 N–H and O–H groups in total. The molecule has 7 nitrogen and oxygen atoms in total. The van der Waals surface area contributed by atoms with Gasteiger partial charge in [-0.15, -0.1) is 0 Å². The summed E-state index contributed by atoms with van der Waals surface area (Å²) in [6.07, 6.45) is 4.35. The molecule has 0 radical (unpaired) electrons. The standard InChI is InChI=1S/C23H34N4O3/c1-2-27-19-9-4-3-7-17(19)24-21(27)11-6-12-22(28)25-18-8-5-10-20(23(18)29)26-13-15-30-16-14-26/h3-4,7,9,18,20,23,29H,2,5-6,8,10-16H2,1H3,(H,25,28)/t18-,20-,23-/m1/s1. The third-order valence-electron chi connectivity index (χ3n) is 6.54. The SMILES string of the molecule is CCn1c(CCCC(=O)N[C@@H]2CCC[C@@H](N3CCOCC3)[C@@H]2O)nc2ccccc21. The summed E-state index contributed by atoms with van der Waals surface area (Å²) in [5.41, 5.74) is 2.16. The van der Waals surface area contributed by atoms with Gasteiger partial charge in [-0.3, -0.25) is 9.69 Å². The highest BCUT2D eigenvalue weighted by Gasteiger charge is 2.36. The number of hydrogen-bond donors (Lipinski definition) is 2. The first-order chi connectivity index (χ1) is 14.7. The maximum absolute atomic E-state index is 12.6. The van der Waals surface area contributed by atoms with Gasteiger partial charge in [-0.2, -0.15) is 0 Å². The van der Waals surface area contributed by atoms with Gasteiger partial charge in [-0.25, -0.2) is 4.98 Å². The number of aliphatic hydroxyl groups excluding tert-OH is 1. The van der Waals surface area contributed by atoms with E-state index in [2.05, 4.69) is 27.8 Å². The summed E-state index contributed by atoms with van der Waals surface area (Å²) in [6.45, 7) is 6.17. The number of fused-ring (bicyclic) bond motifs is 1. The van der Waals surface area contributed by atoms with Crippen molar-refractivity contribution < 1.29 is 14.6 Å². The van der Waals surface area contributed by atoms with E-state index in [1.54, 1.807) is 0 Å². The quantitative estimate of drug-likeness (QED) is 0.725. The molecule has 0 unspecified atom stereocenters. The Morgan fingerprint density at radius 1 is 1.27 bits per heavy atom. The van der Waals surface area contributed by atoms with Crippen molar-refractivity contribution in [1.82, 2.24) is 19.8 Å². The normalized spacial score (nSPS) is 25.5. The molecule has 1 aliphatic heterocycles. The number of carbonyl (C=O) groups excluding carboxylic acids is 1. The summed E-state index contributed by atoms with van der Waals surface area (Å²) in [5.74, 6) is 1.07. The lowest BCUT2D eigenvalue weighted by Crippen LogP contribution is -2.58. The van der Waals surface area contributed by atoms with Crippen LogP contribution in [0.25, 0.3) is 11.0 Å². The van der Waals surface area contributed by atoms with Crippen LogP contribution in [-0.2, 0) is 22.5 Å². The molecule has 2 heterocycles. The van der Waals surface area contributed by atoms with Gasteiger partial charge in [0.05, 0.1) is 36.4 Å². The van der Waals surface area contributed by atoms with Crippen LogP contribution in [0.2, 0.25) is 0 Å². The fourth-order valence-corrected chi connectivity index (χ4v) is 4.98. The smallest absolute Gasteiger partial charge is 0.220 e. The number of amides is 1. The number of carbonyl (C=O) groups is 1. The number of para-hydroxylation sites is 2. The topological polar surface area (TPSA) is 79.6 Å². The van der Waals surface area contributed by atoms with Crippen molar-refractivity contribution in [2.75, 3.05) is 26.3 Å². The number of hydrogen-bond acceptors (Lipinski definition) is 5. The van der Waals surface area contributed by atoms with Crippen LogP contribution in [0.5, 0.6) is 0 Å². The van der Waals surface area contributed by atoms with Crippen LogP contribution in [0.1, 0.15) is 44.9 Å². The zero-order valence-electron chi connectivity index (χ0n) is 17.9. The number of aromatic nitrogens is 2. The minimum Gasteiger partial charge on any atom is -0.389 e. The van der Waals surface area contributed by atoms with Gasteiger partial charge in [0.2, 0.25) is 5.91 Å². The summed E-state index contributed by atoms with van der Waals surface area (Å²) in [6, 6.07) is 8.14. The van der Waals surface area contributed by atoms with Gasteiger partial charge in [0.15, 0.2) is 0 Å². The summed E-state index contributed by atoms with van der Waals surface area (Å²) >= 11 is 0. The number of morpholine rings is 1. The molecule has 164 valence electrons. The Balaban J connectivity index is 1.28. The molecule has 1 amide bonds. The van der Waals surface area contributed by atoms with E-state index in [0.717, 1.165) is 81.8 Å². The average molecular weight is 415 g/mol. The number of rotatable bonds is 7. The number of benzene rings is 1. The maximum Gasteiger partial charge on any atom is 0.220 e. The van der Waals surface area contributed by atoms with Crippen molar-refractivity contribution in [3.63, 3.8) is 0 Å². The lowest BCUT2D eigenvalue weighted by atomic mass is 9.86. The van der Waals surface area contributed by atoms with Gasteiger partial charge >= 0.3 is 0 Å². The monoisotopic (exact) mass is 414 g/mol. The molecule has 1 saturated carbocycles. The zero-order valence-corrected chi connectivity index (χ0v) is 17.9. The lowest BCUT2D eigenvalue weighted by molar-refractivity contribution is -0.124. The summed E-state index contributed by atoms with van der Waals surface area (Å²) in [4.78, 5) is 19.6. The van der Waals surface area contributed by atoms with E-state index in [1.807, 2.05) is 18.2 Å². The van der Waals surface area contributed by atoms with E-state index in [4.69, 9.17) is 9.72 Å². The molecule has 3 atom stereocenters. The Bertz CT molecular complexity index is 846. The van der Waals surface area contributed by atoms with E-state index in [1.165, 1.54) is 0 Å². The maximum atomic E-state index is 12.6. The number of ether oxygens (including phenoxy) is 1. The Labute approximate surface area is 178 Å². The molecule has 2 aromatic rings. The largest absolute Gasteiger partial charge is 0.389 e. The Morgan fingerprint density at radius 3 is 2.87 bits per heavy atom. The predicted molar refractivity (Wildman–Crippen MR) is 116 cm³/mol. The van der Waals surface area contributed by atoms with Gasteiger partial charge in [0.25, 0.3) is 0 Å². The number of aryl methyl sites for hydroxylation is 2. The van der Waals surface area contributed by atoms with Crippen LogP contribution < -0.4 is 5.32 Å². The Kier molecular flexibility index (Phi) is 7.02. The van der Waals surface area contributed by atoms with Gasteiger partial charge < -0.3 is 19.7 Å². The fraction of sp³-hybridized carbons (Fsp3) is 0.652. The Morgan fingerprint density at radius 2 is 2.07 bits per heavy atom. The highest BCUT2D eigenvalue weighted by Crippen LogP contribution is 2.25. The molecular weight excluding hydrogens is 380 g/mol. The molecule has 1 aliphatic carbocycles. The van der Waals surface area contributed by atoms with Crippen molar-refractivity contribution in [1.29, 1.82) is 0 Å². The second kappa shape index (κ2) is 9.90. The third-order valence-corrected chi connectivity index (χ3v) is 6.54. The summed E-state index contributed by atoms with van der Waals surface area (Å²) < 4.78 is 7.66. The van der Waals surface area contributed by atoms with Gasteiger partial charge in [0.1, 0.15) is 5.82 Å². The molecular formula is C23H34N4O3. The first-order valence-corrected chi connectivity index (χ1v) is 11.4. The zero-order chi connectivity index (χ0) is 20.9. The summed E-state index contributed by atoms with van der Waals surface area (Å²) in [7, 11) is 0. The number of aliphatic hydroxyl groups is 1. The molecule has 7 heteroatoms. The molecule has 0 bridgehead atoms. The Hall–Kier alpha value is -1.96. The van der Waals surface area contributed by atoms with Crippen LogP contribution >= 0.6 is 0 Å². The minimum atomic E-state index is -0.509. The van der Waals surface area contributed by atoms with Crippen LogP contribution in [0, 0.1) is 0 Å². The molecule has 1 aromatic carbocycles. The van der Waals surface area contributed by atoms with E-state index >= 15 is 0 Å². The van der Waals surface area contributed by atoms with Crippen LogP contribution in [0.3, 0.4) is 0 Å². The molecule has 4 rings (SSSR count). The second-order valence-electron chi connectivity index (χ2n) is 8.43. The van der Waals surface area contributed by atoms with Gasteiger partial charge in [-0.05, 0) is 44.7 Å². The van der Waals surface area contributed by atoms with E-state index in [9.17, 15) is 9.90 Å². The fourth-order valence-electron chi connectivity index (χ4n) is 4.98. The minimum absolute atomic E-state index is 0.0286. The number of imidazole rings is 1. The van der Waals surface area contributed by atoms with Crippen LogP contribution in [0.4, 0.5) is 0 Å². The second-order valence-corrected chi connectivity index (χ2v) is 8.43. The lowest BCUT2D eigenvalue weighted by Gasteiger charge is -2.43. The van der Waals surface area contributed by atoms with E-state index in [0.29, 0.717) is 6.42 Å². The van der Waals surface area contributed by atoms with E-state index < -0.39 is 6.10 Å². The van der Waals surface area contributed by atoms with Gasteiger partial charge in [-0.1, -0.05) is 12.1 Å². The molecule has 2 fully saturated rings. The van der Waals surface area contributed by atoms with Crippen LogP contribution in [-0.4, -0.2) is 70.0 Å². The molecule has 2 aliphatic rings. The van der Waals surface area contributed by atoms with Crippen molar-refractivity contribution in [2.45, 2.75) is 70.2 Å². The number of nitrogens with one attached hydrogen (secondary N) is 1. The molecule has 0 spiro atoms. The average Bonchev–Trinajstić information content (AvgIpc) is 3.13. The highest BCUT2D eigenvalue weighted by molar-refractivity contribution is 5.77. The molecule has 30 heavy (non-hydrogen) atoms. The highest BCUT2D eigenvalue weighted by atomic mass is 16.5. The third kappa shape index (κ3) is 4.68. The first kappa shape index (κ1) is 21.3. The van der Waals surface area contributed by atoms with Crippen molar-refractivity contribution >= 4 is 16.9 Å². The predicted octanol–water partition coefficient (Wildman–Crippen LogP) is 2.11. The number of nitrogens with zero attached hydrogens (tertiary/aromatic N) is 3. The summed E-state index contributed by atoms with van der Waals surface area (Å²) in [5, 5.41) is 14.0. The van der Waals surface area contributed by atoms with Crippen molar-refractivity contribution in [3.05, 3.63) is 30.1 Å².